The average molecular weight is 349 g/mol. The predicted octanol–water partition coefficient (Wildman–Crippen LogP) is 1.81. The van der Waals surface area contributed by atoms with Gasteiger partial charge in [-0.3, -0.25) is 9.00 Å². The molecule has 19 heavy (non-hydrogen) atoms. The van der Waals surface area contributed by atoms with Crippen molar-refractivity contribution in [3.63, 3.8) is 0 Å². The monoisotopic (exact) mass is 348 g/mol. The smallest absolute Gasteiger partial charge is 0.252 e. The highest BCUT2D eigenvalue weighted by molar-refractivity contribution is 9.10. The van der Waals surface area contributed by atoms with Crippen LogP contribution in [0.4, 0.5) is 10.1 Å². The molecule has 3 N–H and O–H groups in total. The Morgan fingerprint density at radius 1 is 1.42 bits per heavy atom. The second kappa shape index (κ2) is 6.00. The van der Waals surface area contributed by atoms with Gasteiger partial charge in [0.05, 0.1) is 11.3 Å². The van der Waals surface area contributed by atoms with E-state index < -0.39 is 16.6 Å². The van der Waals surface area contributed by atoms with Crippen LogP contribution in [-0.2, 0) is 10.8 Å². The highest BCUT2D eigenvalue weighted by Crippen LogP contribution is 2.23. The topological polar surface area (TPSA) is 72.2 Å². The van der Waals surface area contributed by atoms with Gasteiger partial charge in [-0.15, -0.1) is 0 Å². The molecule has 0 aromatic heterocycles. The van der Waals surface area contributed by atoms with Crippen molar-refractivity contribution in [1.29, 1.82) is 0 Å². The summed E-state index contributed by atoms with van der Waals surface area (Å²) >= 11 is 3.15. The minimum absolute atomic E-state index is 0.0170. The summed E-state index contributed by atoms with van der Waals surface area (Å²) in [6.07, 6.45) is 1.40. The van der Waals surface area contributed by atoms with Crippen LogP contribution < -0.4 is 11.1 Å². The Morgan fingerprint density at radius 3 is 2.68 bits per heavy atom. The third kappa shape index (κ3) is 3.54. The molecule has 1 heterocycles. The van der Waals surface area contributed by atoms with E-state index >= 15 is 0 Å². The van der Waals surface area contributed by atoms with Crippen LogP contribution in [0.1, 0.15) is 23.2 Å². The van der Waals surface area contributed by atoms with Gasteiger partial charge in [-0.2, -0.15) is 0 Å². The van der Waals surface area contributed by atoms with Crippen LogP contribution in [0.5, 0.6) is 0 Å². The first-order valence-electron chi connectivity index (χ1n) is 5.87. The highest BCUT2D eigenvalue weighted by atomic mass is 79.9. The van der Waals surface area contributed by atoms with Crippen molar-refractivity contribution in [3.05, 3.63) is 28.0 Å². The first kappa shape index (κ1) is 14.5. The Labute approximate surface area is 121 Å². The zero-order valence-corrected chi connectivity index (χ0v) is 12.5. The van der Waals surface area contributed by atoms with Crippen LogP contribution in [-0.4, -0.2) is 27.7 Å². The number of carbonyl (C=O) groups excluding carboxylic acids is 1. The van der Waals surface area contributed by atoms with Gasteiger partial charge in [0.1, 0.15) is 5.82 Å². The van der Waals surface area contributed by atoms with Gasteiger partial charge in [-0.1, -0.05) is 0 Å². The predicted molar refractivity (Wildman–Crippen MR) is 76.9 cm³/mol. The lowest BCUT2D eigenvalue weighted by Crippen LogP contribution is -2.39. The number of halogens is 2. The number of nitrogens with two attached hydrogens (primary N) is 1. The van der Waals surface area contributed by atoms with E-state index in [4.69, 9.17) is 5.73 Å². The van der Waals surface area contributed by atoms with Gasteiger partial charge in [0.2, 0.25) is 0 Å². The van der Waals surface area contributed by atoms with Crippen molar-refractivity contribution in [2.75, 3.05) is 17.2 Å². The Hall–Kier alpha value is -0.950. The van der Waals surface area contributed by atoms with Crippen LogP contribution in [0.15, 0.2) is 16.6 Å². The maximum absolute atomic E-state index is 13.2. The van der Waals surface area contributed by atoms with Crippen molar-refractivity contribution in [1.82, 2.24) is 5.32 Å². The van der Waals surface area contributed by atoms with Crippen LogP contribution in [0.3, 0.4) is 0 Å². The molecule has 0 bridgehead atoms. The molecular formula is C12H14BrFN2O2S. The molecule has 1 fully saturated rings. The molecule has 104 valence electrons. The molecule has 1 aliphatic rings. The summed E-state index contributed by atoms with van der Waals surface area (Å²) in [5.41, 5.74) is 5.72. The van der Waals surface area contributed by atoms with E-state index in [9.17, 15) is 13.4 Å². The van der Waals surface area contributed by atoms with Crippen molar-refractivity contribution >= 4 is 38.3 Å². The minimum Gasteiger partial charge on any atom is -0.396 e. The van der Waals surface area contributed by atoms with Crippen molar-refractivity contribution in [2.45, 2.75) is 18.9 Å². The molecule has 0 saturated carbocycles. The lowest BCUT2D eigenvalue weighted by atomic mass is 10.1. The van der Waals surface area contributed by atoms with Gasteiger partial charge < -0.3 is 11.1 Å². The first-order chi connectivity index (χ1) is 8.97. The normalized spacial score (nSPS) is 23.1. The lowest BCUT2D eigenvalue weighted by Gasteiger charge is -2.22. The van der Waals surface area contributed by atoms with E-state index in [-0.39, 0.29) is 17.6 Å². The molecule has 7 heteroatoms. The molecule has 0 unspecified atom stereocenters. The highest BCUT2D eigenvalue weighted by Gasteiger charge is 2.21. The van der Waals surface area contributed by atoms with Crippen LogP contribution in [0, 0.1) is 5.82 Å². The van der Waals surface area contributed by atoms with E-state index in [0.717, 1.165) is 0 Å². The summed E-state index contributed by atoms with van der Waals surface area (Å²) in [7, 11) is -0.762. The minimum atomic E-state index is -0.762. The number of rotatable bonds is 2. The average Bonchev–Trinajstić information content (AvgIpc) is 2.36. The number of hydrogen-bond donors (Lipinski definition) is 2. The van der Waals surface area contributed by atoms with Gasteiger partial charge in [0, 0.05) is 32.8 Å². The molecule has 1 saturated heterocycles. The van der Waals surface area contributed by atoms with Crippen molar-refractivity contribution < 1.29 is 13.4 Å². The van der Waals surface area contributed by atoms with E-state index in [2.05, 4.69) is 21.2 Å². The van der Waals surface area contributed by atoms with Crippen LogP contribution in [0.25, 0.3) is 0 Å². The van der Waals surface area contributed by atoms with Crippen molar-refractivity contribution in [3.8, 4) is 0 Å². The van der Waals surface area contributed by atoms with E-state index in [1.165, 1.54) is 12.1 Å². The second-order valence-electron chi connectivity index (χ2n) is 4.45. The molecule has 0 radical (unpaired) electrons. The van der Waals surface area contributed by atoms with Crippen LogP contribution in [0.2, 0.25) is 0 Å². The Kier molecular flexibility index (Phi) is 4.57. The molecule has 1 aromatic carbocycles. The molecule has 1 aromatic rings. The maximum Gasteiger partial charge on any atom is 0.252 e. The summed E-state index contributed by atoms with van der Waals surface area (Å²) < 4.78 is 24.8. The summed E-state index contributed by atoms with van der Waals surface area (Å²) in [5, 5.41) is 2.86. The van der Waals surface area contributed by atoms with Crippen molar-refractivity contribution in [2.24, 2.45) is 0 Å². The quantitative estimate of drug-likeness (QED) is 0.800. The molecule has 1 amide bonds. The molecule has 0 spiro atoms. The number of anilines is 1. The van der Waals surface area contributed by atoms with Gasteiger partial charge >= 0.3 is 0 Å². The van der Waals surface area contributed by atoms with Crippen LogP contribution >= 0.6 is 15.9 Å². The van der Waals surface area contributed by atoms with E-state index in [1.807, 2.05) is 0 Å². The standard InChI is InChI=1S/C12H14BrFN2O2S/c13-9-6-10(14)11(15)5-8(9)12(17)16-7-1-3-19(18)4-2-7/h5-7H,1-4,15H2,(H,16,17). The lowest BCUT2D eigenvalue weighted by molar-refractivity contribution is 0.0934. The number of amides is 1. The van der Waals surface area contributed by atoms with E-state index in [1.54, 1.807) is 0 Å². The summed E-state index contributed by atoms with van der Waals surface area (Å²) in [4.78, 5) is 12.1. The van der Waals surface area contributed by atoms with Gasteiger partial charge in [-0.05, 0) is 40.9 Å². The largest absolute Gasteiger partial charge is 0.396 e. The Morgan fingerprint density at radius 2 is 2.05 bits per heavy atom. The fraction of sp³-hybridized carbons (Fsp3) is 0.417. The first-order valence-corrected chi connectivity index (χ1v) is 8.16. The fourth-order valence-electron chi connectivity index (χ4n) is 1.94. The fourth-order valence-corrected chi connectivity index (χ4v) is 3.74. The van der Waals surface area contributed by atoms with Gasteiger partial charge in [0.15, 0.2) is 0 Å². The Balaban J connectivity index is 2.08. The molecule has 4 nitrogen and oxygen atoms in total. The third-order valence-electron chi connectivity index (χ3n) is 3.05. The zero-order chi connectivity index (χ0) is 14.0. The van der Waals surface area contributed by atoms with E-state index in [0.29, 0.717) is 34.4 Å². The number of carbonyl (C=O) groups is 1. The Bertz CT molecular complexity index is 529. The zero-order valence-electron chi connectivity index (χ0n) is 10.1. The summed E-state index contributed by atoms with van der Waals surface area (Å²) in [6, 6.07) is 2.51. The number of benzene rings is 1. The molecule has 0 aliphatic carbocycles. The number of nitrogens with one attached hydrogen (secondary N) is 1. The van der Waals surface area contributed by atoms with Gasteiger partial charge in [0.25, 0.3) is 5.91 Å². The number of nitrogen functional groups attached to an aromatic ring is 1. The summed E-state index contributed by atoms with van der Waals surface area (Å²) in [6.45, 7) is 0. The summed E-state index contributed by atoms with van der Waals surface area (Å²) in [5.74, 6) is 0.364. The van der Waals surface area contributed by atoms with Gasteiger partial charge in [-0.25, -0.2) is 4.39 Å². The molecule has 2 rings (SSSR count). The molecular weight excluding hydrogens is 335 g/mol. The second-order valence-corrected chi connectivity index (χ2v) is 7.00. The molecule has 1 aliphatic heterocycles. The molecule has 0 atom stereocenters. The SMILES string of the molecule is Nc1cc(C(=O)NC2CCS(=O)CC2)c(Br)cc1F. The number of hydrogen-bond acceptors (Lipinski definition) is 3. The maximum atomic E-state index is 13.2. The third-order valence-corrected chi connectivity index (χ3v) is 5.09.